The SMILES string of the molecule is Cc1ccccc1[C@@H](O)B1OC(C)(C)C(C)(C)O1. The molecular weight excluding hydrogens is 227 g/mol. The van der Waals surface area contributed by atoms with E-state index in [0.29, 0.717) is 0 Å². The van der Waals surface area contributed by atoms with Gasteiger partial charge in [0.25, 0.3) is 0 Å². The third kappa shape index (κ3) is 2.20. The van der Waals surface area contributed by atoms with E-state index in [0.717, 1.165) is 11.1 Å². The van der Waals surface area contributed by atoms with Crippen LogP contribution in [0.25, 0.3) is 0 Å². The van der Waals surface area contributed by atoms with Crippen molar-refractivity contribution in [2.24, 2.45) is 0 Å². The van der Waals surface area contributed by atoms with Crippen LogP contribution in [0, 0.1) is 6.92 Å². The molecule has 1 aromatic carbocycles. The van der Waals surface area contributed by atoms with Crippen LogP contribution in [0.5, 0.6) is 0 Å². The summed E-state index contributed by atoms with van der Waals surface area (Å²) in [5.41, 5.74) is 1.07. The molecule has 0 saturated carbocycles. The number of benzene rings is 1. The minimum atomic E-state index is -0.757. The van der Waals surface area contributed by atoms with Crippen molar-refractivity contribution in [1.82, 2.24) is 0 Å². The molecule has 4 heteroatoms. The summed E-state index contributed by atoms with van der Waals surface area (Å²) < 4.78 is 11.7. The highest BCUT2D eigenvalue weighted by atomic mass is 16.7. The van der Waals surface area contributed by atoms with Crippen LogP contribution < -0.4 is 0 Å². The van der Waals surface area contributed by atoms with Gasteiger partial charge in [-0.05, 0) is 45.7 Å². The van der Waals surface area contributed by atoms with E-state index >= 15 is 0 Å². The fourth-order valence-corrected chi connectivity index (χ4v) is 2.08. The molecular formula is C14H21BO3. The van der Waals surface area contributed by atoms with Gasteiger partial charge in [0.15, 0.2) is 0 Å². The normalized spacial score (nSPS) is 23.1. The average molecular weight is 248 g/mol. The first kappa shape index (κ1) is 13.6. The molecule has 1 heterocycles. The molecule has 1 aliphatic heterocycles. The predicted molar refractivity (Wildman–Crippen MR) is 72.2 cm³/mol. The lowest BCUT2D eigenvalue weighted by Gasteiger charge is -2.32. The second-order valence-corrected chi connectivity index (χ2v) is 5.93. The third-order valence-corrected chi connectivity index (χ3v) is 4.04. The van der Waals surface area contributed by atoms with Crippen LogP contribution in [0.2, 0.25) is 0 Å². The van der Waals surface area contributed by atoms with E-state index in [1.54, 1.807) is 0 Å². The molecule has 1 N–H and O–H groups in total. The summed E-state index contributed by atoms with van der Waals surface area (Å²) in [6.07, 6.45) is 0. The lowest BCUT2D eigenvalue weighted by molar-refractivity contribution is 0.00578. The summed E-state index contributed by atoms with van der Waals surface area (Å²) in [4.78, 5) is 0. The Balaban J connectivity index is 2.23. The Kier molecular flexibility index (Phi) is 3.30. The van der Waals surface area contributed by atoms with Gasteiger partial charge in [0, 0.05) is 0 Å². The summed E-state index contributed by atoms with van der Waals surface area (Å²) in [7, 11) is -0.615. The zero-order valence-electron chi connectivity index (χ0n) is 11.7. The first-order valence-corrected chi connectivity index (χ1v) is 6.34. The van der Waals surface area contributed by atoms with Gasteiger partial charge >= 0.3 is 7.12 Å². The van der Waals surface area contributed by atoms with Crippen molar-refractivity contribution in [2.75, 3.05) is 0 Å². The van der Waals surface area contributed by atoms with Crippen LogP contribution in [-0.2, 0) is 9.31 Å². The maximum atomic E-state index is 10.4. The highest BCUT2D eigenvalue weighted by molar-refractivity contribution is 6.47. The number of aryl methyl sites for hydroxylation is 1. The Bertz CT molecular complexity index is 426. The monoisotopic (exact) mass is 248 g/mol. The molecule has 1 atom stereocenters. The molecule has 18 heavy (non-hydrogen) atoms. The van der Waals surface area contributed by atoms with Crippen LogP contribution in [0.15, 0.2) is 24.3 Å². The van der Waals surface area contributed by atoms with Crippen molar-refractivity contribution in [3.05, 3.63) is 35.4 Å². The Morgan fingerprint density at radius 2 is 1.56 bits per heavy atom. The molecule has 0 amide bonds. The molecule has 3 nitrogen and oxygen atoms in total. The Morgan fingerprint density at radius 1 is 1.06 bits per heavy atom. The largest absolute Gasteiger partial charge is 0.493 e. The maximum absolute atomic E-state index is 10.4. The molecule has 1 aromatic rings. The van der Waals surface area contributed by atoms with Gasteiger partial charge in [0.2, 0.25) is 0 Å². The standard InChI is InChI=1S/C14H21BO3/c1-10-8-6-7-9-11(10)12(16)15-17-13(2,3)14(4,5)18-15/h6-9,12,16H,1-5H3/t12-/m1/s1. The van der Waals surface area contributed by atoms with Crippen molar-refractivity contribution in [1.29, 1.82) is 0 Å². The zero-order valence-corrected chi connectivity index (χ0v) is 11.7. The number of hydrogen-bond donors (Lipinski definition) is 1. The van der Waals surface area contributed by atoms with Crippen molar-refractivity contribution >= 4 is 7.12 Å². The lowest BCUT2D eigenvalue weighted by Crippen LogP contribution is -2.41. The van der Waals surface area contributed by atoms with E-state index in [1.807, 2.05) is 58.9 Å². The molecule has 0 bridgehead atoms. The summed E-state index contributed by atoms with van der Waals surface area (Å²) >= 11 is 0. The van der Waals surface area contributed by atoms with E-state index in [-0.39, 0.29) is 0 Å². The van der Waals surface area contributed by atoms with Crippen molar-refractivity contribution in [3.8, 4) is 0 Å². The minimum absolute atomic E-state index is 0.415. The Labute approximate surface area is 109 Å². The summed E-state index contributed by atoms with van der Waals surface area (Å²) in [5.74, 6) is 0. The highest BCUT2D eigenvalue weighted by Crippen LogP contribution is 2.40. The molecule has 0 aliphatic carbocycles. The quantitative estimate of drug-likeness (QED) is 0.818. The number of aliphatic hydroxyl groups excluding tert-OH is 1. The average Bonchev–Trinajstić information content (AvgIpc) is 2.48. The first-order valence-electron chi connectivity index (χ1n) is 6.34. The highest BCUT2D eigenvalue weighted by Gasteiger charge is 2.54. The van der Waals surface area contributed by atoms with Crippen LogP contribution >= 0.6 is 0 Å². The van der Waals surface area contributed by atoms with E-state index in [4.69, 9.17) is 9.31 Å². The molecule has 1 saturated heterocycles. The fourth-order valence-electron chi connectivity index (χ4n) is 2.08. The molecule has 0 spiro atoms. The van der Waals surface area contributed by atoms with Gasteiger partial charge < -0.3 is 14.4 Å². The third-order valence-electron chi connectivity index (χ3n) is 4.04. The van der Waals surface area contributed by atoms with Crippen molar-refractivity contribution in [3.63, 3.8) is 0 Å². The van der Waals surface area contributed by atoms with Gasteiger partial charge in [0.1, 0.15) is 6.00 Å². The van der Waals surface area contributed by atoms with Crippen LogP contribution in [-0.4, -0.2) is 23.4 Å². The molecule has 2 rings (SSSR count). The summed E-state index contributed by atoms with van der Waals surface area (Å²) in [6, 6.07) is 6.99. The number of aliphatic hydroxyl groups is 1. The van der Waals surface area contributed by atoms with E-state index in [1.165, 1.54) is 0 Å². The van der Waals surface area contributed by atoms with Crippen molar-refractivity contribution < 1.29 is 14.4 Å². The van der Waals surface area contributed by atoms with E-state index < -0.39 is 24.3 Å². The molecule has 98 valence electrons. The van der Waals surface area contributed by atoms with Crippen LogP contribution in [0.4, 0.5) is 0 Å². The molecule has 1 fully saturated rings. The maximum Gasteiger partial charge on any atom is 0.493 e. The fraction of sp³-hybridized carbons (Fsp3) is 0.571. The minimum Gasteiger partial charge on any atom is -0.401 e. The molecule has 0 radical (unpaired) electrons. The second kappa shape index (κ2) is 4.37. The van der Waals surface area contributed by atoms with Gasteiger partial charge in [-0.2, -0.15) is 0 Å². The topological polar surface area (TPSA) is 38.7 Å². The first-order chi connectivity index (χ1) is 8.24. The van der Waals surface area contributed by atoms with E-state index in [9.17, 15) is 5.11 Å². The van der Waals surface area contributed by atoms with E-state index in [2.05, 4.69) is 0 Å². The number of rotatable bonds is 2. The predicted octanol–water partition coefficient (Wildman–Crippen LogP) is 2.66. The molecule has 1 aliphatic rings. The van der Waals surface area contributed by atoms with Gasteiger partial charge in [-0.3, -0.25) is 0 Å². The number of hydrogen-bond acceptors (Lipinski definition) is 3. The molecule has 0 aromatic heterocycles. The summed E-state index contributed by atoms with van der Waals surface area (Å²) in [6.45, 7) is 9.91. The molecule has 0 unspecified atom stereocenters. The summed E-state index contributed by atoms with van der Waals surface area (Å²) in [5, 5.41) is 10.4. The van der Waals surface area contributed by atoms with Crippen LogP contribution in [0.3, 0.4) is 0 Å². The van der Waals surface area contributed by atoms with Crippen LogP contribution in [0.1, 0.15) is 44.8 Å². The van der Waals surface area contributed by atoms with Crippen molar-refractivity contribution in [2.45, 2.75) is 51.8 Å². The zero-order chi connectivity index (χ0) is 13.6. The second-order valence-electron chi connectivity index (χ2n) is 5.93. The Hall–Kier alpha value is -0.835. The van der Waals surface area contributed by atoms with Gasteiger partial charge in [0.05, 0.1) is 11.2 Å². The van der Waals surface area contributed by atoms with Gasteiger partial charge in [-0.25, -0.2) is 0 Å². The Morgan fingerprint density at radius 3 is 2.06 bits per heavy atom. The van der Waals surface area contributed by atoms with Gasteiger partial charge in [-0.15, -0.1) is 0 Å². The van der Waals surface area contributed by atoms with Gasteiger partial charge in [-0.1, -0.05) is 24.3 Å². The lowest BCUT2D eigenvalue weighted by atomic mass is 9.75. The smallest absolute Gasteiger partial charge is 0.401 e.